The van der Waals surface area contributed by atoms with Crippen LogP contribution in [0.4, 0.5) is 0 Å². The van der Waals surface area contributed by atoms with Crippen LogP contribution in [0.15, 0.2) is 22.8 Å². The third kappa shape index (κ3) is 2.84. The highest BCUT2D eigenvalue weighted by molar-refractivity contribution is 5.82. The molecule has 1 aromatic heterocycles. The first-order chi connectivity index (χ1) is 9.34. The van der Waals surface area contributed by atoms with Crippen LogP contribution in [0.5, 0.6) is 0 Å². The molecular weight excluding hydrogens is 240 g/mol. The van der Waals surface area contributed by atoms with Gasteiger partial charge in [0.05, 0.1) is 18.8 Å². The quantitative estimate of drug-likeness (QED) is 0.905. The van der Waals surface area contributed by atoms with Gasteiger partial charge in [-0.3, -0.25) is 4.79 Å². The second-order valence-electron chi connectivity index (χ2n) is 5.63. The Labute approximate surface area is 114 Å². The fraction of sp³-hybridized carbons (Fsp3) is 0.667. The first-order valence-corrected chi connectivity index (χ1v) is 7.41. The van der Waals surface area contributed by atoms with Gasteiger partial charge in [-0.2, -0.15) is 0 Å². The maximum atomic E-state index is 12.7. The zero-order chi connectivity index (χ0) is 13.1. The second kappa shape index (κ2) is 5.78. The van der Waals surface area contributed by atoms with E-state index in [1.165, 1.54) is 12.8 Å². The number of rotatable bonds is 4. The van der Waals surface area contributed by atoms with Crippen LogP contribution in [-0.4, -0.2) is 29.4 Å². The van der Waals surface area contributed by atoms with E-state index < -0.39 is 0 Å². The van der Waals surface area contributed by atoms with Crippen molar-refractivity contribution in [3.05, 3.63) is 24.2 Å². The third-order valence-electron chi connectivity index (χ3n) is 4.31. The Hall–Kier alpha value is -1.29. The summed E-state index contributed by atoms with van der Waals surface area (Å²) in [6.07, 6.45) is 8.52. The number of hydrogen-bond donors (Lipinski definition) is 1. The molecule has 104 valence electrons. The summed E-state index contributed by atoms with van der Waals surface area (Å²) in [4.78, 5) is 14.7. The Morgan fingerprint density at radius 2 is 2.16 bits per heavy atom. The van der Waals surface area contributed by atoms with E-state index in [1.807, 2.05) is 12.1 Å². The van der Waals surface area contributed by atoms with Crippen LogP contribution in [0, 0.1) is 0 Å². The zero-order valence-electron chi connectivity index (χ0n) is 11.3. The first-order valence-electron chi connectivity index (χ1n) is 7.41. The van der Waals surface area contributed by atoms with Gasteiger partial charge in [-0.05, 0) is 44.4 Å². The number of carbonyl (C=O) groups is 1. The molecular formula is C15H22N2O2. The van der Waals surface area contributed by atoms with Crippen molar-refractivity contribution >= 4 is 5.91 Å². The van der Waals surface area contributed by atoms with Crippen molar-refractivity contribution < 1.29 is 9.21 Å². The average Bonchev–Trinajstić information content (AvgIpc) is 3.15. The van der Waals surface area contributed by atoms with Gasteiger partial charge < -0.3 is 14.6 Å². The van der Waals surface area contributed by atoms with Crippen molar-refractivity contribution in [1.82, 2.24) is 10.2 Å². The summed E-state index contributed by atoms with van der Waals surface area (Å²) in [5, 5.41) is 3.32. The molecule has 4 nitrogen and oxygen atoms in total. The number of nitrogens with one attached hydrogen (secondary N) is 1. The van der Waals surface area contributed by atoms with Gasteiger partial charge in [0.25, 0.3) is 0 Å². The van der Waals surface area contributed by atoms with Gasteiger partial charge in [0.15, 0.2) is 0 Å². The molecule has 1 saturated heterocycles. The molecule has 3 rings (SSSR count). The van der Waals surface area contributed by atoms with Crippen LogP contribution in [0.3, 0.4) is 0 Å². The zero-order valence-corrected chi connectivity index (χ0v) is 11.3. The van der Waals surface area contributed by atoms with E-state index in [0.717, 1.165) is 38.0 Å². The van der Waals surface area contributed by atoms with E-state index in [2.05, 4.69) is 10.2 Å². The summed E-state index contributed by atoms with van der Waals surface area (Å²) in [6.45, 7) is 1.59. The molecule has 1 saturated carbocycles. The highest BCUT2D eigenvalue weighted by Gasteiger charge is 2.33. The first kappa shape index (κ1) is 12.7. The van der Waals surface area contributed by atoms with Gasteiger partial charge >= 0.3 is 0 Å². The number of amides is 1. The van der Waals surface area contributed by atoms with Crippen LogP contribution in [0.25, 0.3) is 0 Å². The monoisotopic (exact) mass is 262 g/mol. The summed E-state index contributed by atoms with van der Waals surface area (Å²) >= 11 is 0. The smallest absolute Gasteiger partial charge is 0.240 e. The van der Waals surface area contributed by atoms with Crippen LogP contribution < -0.4 is 5.32 Å². The normalized spacial score (nSPS) is 23.9. The third-order valence-corrected chi connectivity index (χ3v) is 4.31. The molecule has 0 spiro atoms. The molecule has 1 amide bonds. The molecule has 0 aromatic carbocycles. The predicted octanol–water partition coefficient (Wildman–Crippen LogP) is 2.30. The molecule has 1 aliphatic carbocycles. The van der Waals surface area contributed by atoms with Gasteiger partial charge in [0.2, 0.25) is 5.91 Å². The van der Waals surface area contributed by atoms with Crippen molar-refractivity contribution in [2.45, 2.75) is 57.2 Å². The Balaban J connectivity index is 1.72. The molecule has 1 unspecified atom stereocenters. The van der Waals surface area contributed by atoms with Gasteiger partial charge in [-0.25, -0.2) is 0 Å². The maximum Gasteiger partial charge on any atom is 0.240 e. The number of carbonyl (C=O) groups excluding carboxylic acids is 1. The van der Waals surface area contributed by atoms with Crippen LogP contribution in [0.2, 0.25) is 0 Å². The molecule has 2 aliphatic rings. The predicted molar refractivity (Wildman–Crippen MR) is 72.5 cm³/mol. The molecule has 2 fully saturated rings. The topological polar surface area (TPSA) is 45.5 Å². The van der Waals surface area contributed by atoms with E-state index in [4.69, 9.17) is 4.42 Å². The van der Waals surface area contributed by atoms with E-state index in [-0.39, 0.29) is 11.9 Å². The van der Waals surface area contributed by atoms with Crippen molar-refractivity contribution in [3.8, 4) is 0 Å². The van der Waals surface area contributed by atoms with Crippen LogP contribution in [-0.2, 0) is 11.3 Å². The minimum atomic E-state index is 0.0237. The Bertz CT molecular complexity index is 404. The molecule has 1 atom stereocenters. The highest BCUT2D eigenvalue weighted by atomic mass is 16.3. The lowest BCUT2D eigenvalue weighted by Gasteiger charge is -2.30. The lowest BCUT2D eigenvalue weighted by molar-refractivity contribution is -0.136. The van der Waals surface area contributed by atoms with Gasteiger partial charge in [-0.1, -0.05) is 12.8 Å². The van der Waals surface area contributed by atoms with E-state index in [1.54, 1.807) is 6.26 Å². The van der Waals surface area contributed by atoms with E-state index >= 15 is 0 Å². The van der Waals surface area contributed by atoms with Crippen molar-refractivity contribution in [1.29, 1.82) is 0 Å². The van der Waals surface area contributed by atoms with Crippen molar-refractivity contribution in [2.75, 3.05) is 6.54 Å². The fourth-order valence-corrected chi connectivity index (χ4v) is 3.27. The summed E-state index contributed by atoms with van der Waals surface area (Å²) in [6, 6.07) is 4.27. The summed E-state index contributed by atoms with van der Waals surface area (Å²) in [5.41, 5.74) is 0. The highest BCUT2D eigenvalue weighted by Crippen LogP contribution is 2.26. The van der Waals surface area contributed by atoms with Crippen LogP contribution >= 0.6 is 0 Å². The summed E-state index contributed by atoms with van der Waals surface area (Å²) < 4.78 is 5.42. The summed E-state index contributed by atoms with van der Waals surface area (Å²) in [5.74, 6) is 1.15. The number of hydrogen-bond acceptors (Lipinski definition) is 3. The van der Waals surface area contributed by atoms with E-state index in [0.29, 0.717) is 12.6 Å². The maximum absolute atomic E-state index is 12.7. The van der Waals surface area contributed by atoms with E-state index in [9.17, 15) is 4.79 Å². The second-order valence-corrected chi connectivity index (χ2v) is 5.63. The lowest BCUT2D eigenvalue weighted by Crippen LogP contribution is -2.47. The lowest BCUT2D eigenvalue weighted by atomic mass is 10.1. The van der Waals surface area contributed by atoms with Gasteiger partial charge in [0.1, 0.15) is 5.76 Å². The molecule has 1 aliphatic heterocycles. The minimum Gasteiger partial charge on any atom is -0.467 e. The molecule has 1 aromatic rings. The van der Waals surface area contributed by atoms with Crippen molar-refractivity contribution in [3.63, 3.8) is 0 Å². The average molecular weight is 262 g/mol. The SMILES string of the molecule is O=C(C1CCCN1)N(Cc1ccco1)C1CCCC1. The largest absolute Gasteiger partial charge is 0.467 e. The molecule has 4 heteroatoms. The van der Waals surface area contributed by atoms with Crippen LogP contribution in [0.1, 0.15) is 44.3 Å². The Morgan fingerprint density at radius 3 is 2.79 bits per heavy atom. The molecule has 19 heavy (non-hydrogen) atoms. The Morgan fingerprint density at radius 1 is 1.32 bits per heavy atom. The number of furan rings is 1. The fourth-order valence-electron chi connectivity index (χ4n) is 3.27. The van der Waals surface area contributed by atoms with Gasteiger partial charge in [-0.15, -0.1) is 0 Å². The van der Waals surface area contributed by atoms with Gasteiger partial charge in [0, 0.05) is 6.04 Å². The minimum absolute atomic E-state index is 0.0237. The molecule has 0 radical (unpaired) electrons. The Kier molecular flexibility index (Phi) is 3.87. The molecule has 0 bridgehead atoms. The number of nitrogens with zero attached hydrogens (tertiary/aromatic N) is 1. The molecule has 2 heterocycles. The summed E-state index contributed by atoms with van der Waals surface area (Å²) in [7, 11) is 0. The standard InChI is InChI=1S/C15H22N2O2/c18-15(14-8-3-9-16-14)17(12-5-1-2-6-12)11-13-7-4-10-19-13/h4,7,10,12,14,16H,1-3,5-6,8-9,11H2. The molecule has 1 N–H and O–H groups in total. The van der Waals surface area contributed by atoms with Crippen molar-refractivity contribution in [2.24, 2.45) is 0 Å².